The molecular formula is C18H19N3O5S. The van der Waals surface area contributed by atoms with Gasteiger partial charge in [0.15, 0.2) is 5.75 Å². The van der Waals surface area contributed by atoms with Crippen molar-refractivity contribution in [3.63, 3.8) is 0 Å². The van der Waals surface area contributed by atoms with E-state index in [1.807, 2.05) is 24.3 Å². The fraction of sp³-hybridized carbons (Fsp3) is 0.222. The molecule has 2 rings (SSSR count). The monoisotopic (exact) mass is 389 g/mol. The first-order chi connectivity index (χ1) is 13.0. The van der Waals surface area contributed by atoms with Crippen LogP contribution in [0.2, 0.25) is 0 Å². The zero-order chi connectivity index (χ0) is 19.6. The Bertz CT molecular complexity index is 824. The molecule has 0 radical (unpaired) electrons. The van der Waals surface area contributed by atoms with Crippen molar-refractivity contribution in [3.8, 4) is 11.5 Å². The molecule has 0 fully saturated rings. The molecule has 0 spiro atoms. The highest BCUT2D eigenvalue weighted by Crippen LogP contribution is 2.26. The SMILES string of the molecule is COc1ccc(CSCC(=O)N/N=C\c2ccc(OC)c([N+](=O)[O-])c2)cc1. The maximum atomic E-state index is 11.8. The number of nitro groups is 1. The molecule has 0 atom stereocenters. The Labute approximate surface area is 160 Å². The summed E-state index contributed by atoms with van der Waals surface area (Å²) in [6.07, 6.45) is 1.35. The van der Waals surface area contributed by atoms with E-state index in [1.54, 1.807) is 13.2 Å². The van der Waals surface area contributed by atoms with E-state index in [-0.39, 0.29) is 23.1 Å². The van der Waals surface area contributed by atoms with Crippen LogP contribution in [0.25, 0.3) is 0 Å². The third-order valence-corrected chi connectivity index (χ3v) is 4.47. The number of nitrogens with zero attached hydrogens (tertiary/aromatic N) is 2. The van der Waals surface area contributed by atoms with Crippen LogP contribution in [0.3, 0.4) is 0 Å². The molecule has 0 bridgehead atoms. The largest absolute Gasteiger partial charge is 0.497 e. The highest BCUT2D eigenvalue weighted by atomic mass is 32.2. The molecule has 27 heavy (non-hydrogen) atoms. The maximum absolute atomic E-state index is 11.8. The Hall–Kier alpha value is -3.07. The van der Waals surface area contributed by atoms with E-state index in [4.69, 9.17) is 9.47 Å². The van der Waals surface area contributed by atoms with Crippen molar-refractivity contribution in [1.29, 1.82) is 0 Å². The molecule has 0 aliphatic rings. The zero-order valence-electron chi connectivity index (χ0n) is 14.9. The molecule has 142 valence electrons. The quantitative estimate of drug-likeness (QED) is 0.402. The molecule has 8 nitrogen and oxygen atoms in total. The molecule has 0 heterocycles. The Kier molecular flexibility index (Phi) is 7.63. The standard InChI is InChI=1S/C18H19N3O5S/c1-25-15-6-3-13(4-7-15)11-27-12-18(22)20-19-10-14-5-8-17(26-2)16(9-14)21(23)24/h3-10H,11-12H2,1-2H3,(H,20,22)/b19-10-. The second kappa shape index (κ2) is 10.2. The van der Waals surface area contributed by atoms with E-state index in [1.165, 1.54) is 37.2 Å². The Balaban J connectivity index is 1.80. The molecule has 0 aromatic heterocycles. The van der Waals surface area contributed by atoms with Gasteiger partial charge < -0.3 is 9.47 Å². The van der Waals surface area contributed by atoms with Crippen LogP contribution in [0, 0.1) is 10.1 Å². The first kappa shape index (κ1) is 20.2. The lowest BCUT2D eigenvalue weighted by Gasteiger charge is -2.04. The fourth-order valence-corrected chi connectivity index (χ4v) is 2.90. The molecule has 1 amide bonds. The number of nitrogens with one attached hydrogen (secondary N) is 1. The van der Waals surface area contributed by atoms with E-state index >= 15 is 0 Å². The van der Waals surface area contributed by atoms with Crippen LogP contribution in [0.4, 0.5) is 5.69 Å². The van der Waals surface area contributed by atoms with Gasteiger partial charge in [0.25, 0.3) is 0 Å². The highest BCUT2D eigenvalue weighted by molar-refractivity contribution is 7.99. The van der Waals surface area contributed by atoms with Crippen LogP contribution in [0.1, 0.15) is 11.1 Å². The number of hydrogen-bond donors (Lipinski definition) is 1. The average Bonchev–Trinajstić information content (AvgIpc) is 2.68. The number of nitro benzene ring substituents is 1. The van der Waals surface area contributed by atoms with Crippen molar-refractivity contribution in [2.75, 3.05) is 20.0 Å². The minimum absolute atomic E-state index is 0.163. The molecule has 0 saturated heterocycles. The first-order valence-electron chi connectivity index (χ1n) is 7.88. The van der Waals surface area contributed by atoms with Crippen molar-refractivity contribution >= 4 is 29.6 Å². The summed E-state index contributed by atoms with van der Waals surface area (Å²) in [4.78, 5) is 22.3. The van der Waals surface area contributed by atoms with Gasteiger partial charge in [-0.25, -0.2) is 5.43 Å². The van der Waals surface area contributed by atoms with Crippen LogP contribution < -0.4 is 14.9 Å². The number of carbonyl (C=O) groups excluding carboxylic acids is 1. The van der Waals surface area contributed by atoms with Gasteiger partial charge in [-0.05, 0) is 29.8 Å². The smallest absolute Gasteiger partial charge is 0.311 e. The Morgan fingerprint density at radius 2 is 1.96 bits per heavy atom. The Morgan fingerprint density at radius 3 is 2.59 bits per heavy atom. The average molecular weight is 389 g/mol. The summed E-state index contributed by atoms with van der Waals surface area (Å²) in [7, 11) is 2.97. The van der Waals surface area contributed by atoms with Gasteiger partial charge >= 0.3 is 5.69 Å². The minimum atomic E-state index is -0.537. The van der Waals surface area contributed by atoms with Crippen molar-refractivity contribution in [2.45, 2.75) is 5.75 Å². The number of methoxy groups -OCH3 is 2. The predicted molar refractivity (Wildman–Crippen MR) is 105 cm³/mol. The number of carbonyl (C=O) groups is 1. The maximum Gasteiger partial charge on any atom is 0.311 e. The second-order valence-corrected chi connectivity index (χ2v) is 6.31. The first-order valence-corrected chi connectivity index (χ1v) is 9.04. The van der Waals surface area contributed by atoms with Crippen molar-refractivity contribution in [1.82, 2.24) is 5.43 Å². The topological polar surface area (TPSA) is 103 Å². The van der Waals surface area contributed by atoms with Crippen LogP contribution in [0.5, 0.6) is 11.5 Å². The van der Waals surface area contributed by atoms with E-state index < -0.39 is 4.92 Å². The number of ether oxygens (including phenoxy) is 2. The normalized spacial score (nSPS) is 10.6. The van der Waals surface area contributed by atoms with Crippen LogP contribution in [-0.2, 0) is 10.5 Å². The number of benzene rings is 2. The fourth-order valence-electron chi connectivity index (χ4n) is 2.12. The van der Waals surface area contributed by atoms with Crippen LogP contribution in [0.15, 0.2) is 47.6 Å². The summed E-state index contributed by atoms with van der Waals surface area (Å²) >= 11 is 1.45. The van der Waals surface area contributed by atoms with Crippen molar-refractivity contribution in [2.24, 2.45) is 5.10 Å². The number of hydrazone groups is 1. The number of amides is 1. The van der Waals surface area contributed by atoms with Crippen molar-refractivity contribution in [3.05, 3.63) is 63.7 Å². The lowest BCUT2D eigenvalue weighted by atomic mass is 10.2. The molecule has 9 heteroatoms. The zero-order valence-corrected chi connectivity index (χ0v) is 15.7. The molecule has 0 aliphatic carbocycles. The third-order valence-electron chi connectivity index (χ3n) is 3.46. The molecular weight excluding hydrogens is 370 g/mol. The summed E-state index contributed by atoms with van der Waals surface area (Å²) in [5, 5.41) is 14.8. The molecule has 2 aromatic rings. The van der Waals surface area contributed by atoms with Gasteiger partial charge in [-0.2, -0.15) is 5.10 Å². The van der Waals surface area contributed by atoms with E-state index in [0.29, 0.717) is 11.3 Å². The predicted octanol–water partition coefficient (Wildman–Crippen LogP) is 3.00. The van der Waals surface area contributed by atoms with Crippen molar-refractivity contribution < 1.29 is 19.2 Å². The second-order valence-electron chi connectivity index (χ2n) is 5.32. The molecule has 0 aliphatic heterocycles. The van der Waals surface area contributed by atoms with Gasteiger partial charge in [0.05, 0.1) is 31.1 Å². The summed E-state index contributed by atoms with van der Waals surface area (Å²) in [5.41, 5.74) is 3.80. The van der Waals surface area contributed by atoms with Gasteiger partial charge in [-0.3, -0.25) is 14.9 Å². The molecule has 1 N–H and O–H groups in total. The molecule has 2 aromatic carbocycles. The molecule has 0 saturated carbocycles. The summed E-state index contributed by atoms with van der Waals surface area (Å²) in [5.74, 6) is 1.62. The van der Waals surface area contributed by atoms with Crippen LogP contribution in [-0.4, -0.2) is 37.0 Å². The Morgan fingerprint density at radius 1 is 1.22 bits per heavy atom. The number of thioether (sulfide) groups is 1. The number of hydrogen-bond acceptors (Lipinski definition) is 7. The highest BCUT2D eigenvalue weighted by Gasteiger charge is 2.14. The van der Waals surface area contributed by atoms with Gasteiger partial charge in [0.1, 0.15) is 5.75 Å². The lowest BCUT2D eigenvalue weighted by molar-refractivity contribution is -0.385. The lowest BCUT2D eigenvalue weighted by Crippen LogP contribution is -2.19. The minimum Gasteiger partial charge on any atom is -0.497 e. The van der Waals surface area contributed by atoms with Gasteiger partial charge in [0, 0.05) is 17.4 Å². The van der Waals surface area contributed by atoms with Gasteiger partial charge in [-0.15, -0.1) is 11.8 Å². The van der Waals surface area contributed by atoms with E-state index in [2.05, 4.69) is 10.5 Å². The molecule has 0 unspecified atom stereocenters. The third kappa shape index (κ3) is 6.30. The van der Waals surface area contributed by atoms with E-state index in [9.17, 15) is 14.9 Å². The number of rotatable bonds is 9. The summed E-state index contributed by atoms with van der Waals surface area (Å²) < 4.78 is 10.0. The summed E-state index contributed by atoms with van der Waals surface area (Å²) in [6, 6.07) is 12.0. The van der Waals surface area contributed by atoms with Gasteiger partial charge in [-0.1, -0.05) is 12.1 Å². The van der Waals surface area contributed by atoms with Gasteiger partial charge in [0.2, 0.25) is 5.91 Å². The summed E-state index contributed by atoms with van der Waals surface area (Å²) in [6.45, 7) is 0. The van der Waals surface area contributed by atoms with E-state index in [0.717, 1.165) is 11.3 Å². The van der Waals surface area contributed by atoms with Crippen LogP contribution >= 0.6 is 11.8 Å².